The summed E-state index contributed by atoms with van der Waals surface area (Å²) in [7, 11) is 0. The number of nitrogens with one attached hydrogen (secondary N) is 1. The molecule has 0 amide bonds. The maximum Gasteiger partial charge on any atom is 0.152 e. The molecule has 0 saturated heterocycles. The van der Waals surface area contributed by atoms with E-state index in [1.165, 1.54) is 5.56 Å². The van der Waals surface area contributed by atoms with Crippen LogP contribution < -0.4 is 0 Å². The van der Waals surface area contributed by atoms with Gasteiger partial charge in [-0.1, -0.05) is 29.8 Å². The summed E-state index contributed by atoms with van der Waals surface area (Å²) >= 11 is 6.04. The van der Waals surface area contributed by atoms with E-state index in [1.54, 1.807) is 0 Å². The van der Waals surface area contributed by atoms with Crippen LogP contribution in [0.1, 0.15) is 21.5 Å². The van der Waals surface area contributed by atoms with E-state index in [2.05, 4.69) is 17.1 Å². The van der Waals surface area contributed by atoms with Gasteiger partial charge < -0.3 is 4.98 Å². The highest BCUT2D eigenvalue weighted by atomic mass is 35.5. The number of rotatable bonds is 2. The fourth-order valence-electron chi connectivity index (χ4n) is 2.74. The summed E-state index contributed by atoms with van der Waals surface area (Å²) in [5.74, 6) is 0. The summed E-state index contributed by atoms with van der Waals surface area (Å²) in [6.45, 7) is 4.07. The maximum absolute atomic E-state index is 11.5. The van der Waals surface area contributed by atoms with Crippen LogP contribution >= 0.6 is 11.6 Å². The fourth-order valence-corrected chi connectivity index (χ4v) is 2.93. The Morgan fingerprint density at radius 2 is 1.95 bits per heavy atom. The zero-order valence-corrected chi connectivity index (χ0v) is 12.1. The smallest absolute Gasteiger partial charge is 0.152 e. The van der Waals surface area contributed by atoms with Gasteiger partial charge in [-0.05, 0) is 43.2 Å². The first-order chi connectivity index (χ1) is 9.60. The van der Waals surface area contributed by atoms with Crippen molar-refractivity contribution in [1.29, 1.82) is 0 Å². The zero-order chi connectivity index (χ0) is 14.3. The van der Waals surface area contributed by atoms with E-state index in [4.69, 9.17) is 11.6 Å². The van der Waals surface area contributed by atoms with Gasteiger partial charge in [-0.15, -0.1) is 0 Å². The molecule has 0 aliphatic rings. The van der Waals surface area contributed by atoms with Crippen molar-refractivity contribution in [3.05, 3.63) is 58.1 Å². The molecule has 0 saturated carbocycles. The van der Waals surface area contributed by atoms with E-state index in [1.807, 2.05) is 38.1 Å². The average molecular weight is 284 g/mol. The molecule has 0 fully saturated rings. The highest BCUT2D eigenvalue weighted by Gasteiger charge is 2.14. The fraction of sp³-hybridized carbons (Fsp3) is 0.118. The second-order valence-corrected chi connectivity index (χ2v) is 5.48. The van der Waals surface area contributed by atoms with Crippen LogP contribution in [0.2, 0.25) is 5.02 Å². The van der Waals surface area contributed by atoms with Crippen LogP contribution in [0.15, 0.2) is 36.4 Å². The Bertz CT molecular complexity index is 817. The molecule has 3 rings (SSSR count). The number of hydrogen-bond acceptors (Lipinski definition) is 1. The predicted octanol–water partition coefficient (Wildman–Crippen LogP) is 4.92. The number of H-pyrrole nitrogens is 1. The summed E-state index contributed by atoms with van der Waals surface area (Å²) in [5, 5.41) is 1.64. The molecule has 100 valence electrons. The molecule has 1 N–H and O–H groups in total. The molecule has 0 unspecified atom stereocenters. The van der Waals surface area contributed by atoms with E-state index < -0.39 is 0 Å². The molecule has 0 radical (unpaired) electrons. The molecule has 1 heterocycles. The van der Waals surface area contributed by atoms with Crippen LogP contribution in [-0.2, 0) is 0 Å². The van der Waals surface area contributed by atoms with Crippen LogP contribution in [0.3, 0.4) is 0 Å². The minimum Gasteiger partial charge on any atom is -0.354 e. The molecule has 0 aliphatic heterocycles. The van der Waals surface area contributed by atoms with Gasteiger partial charge in [-0.2, -0.15) is 0 Å². The van der Waals surface area contributed by atoms with Gasteiger partial charge in [0.25, 0.3) is 0 Å². The summed E-state index contributed by atoms with van der Waals surface area (Å²) in [4.78, 5) is 14.9. The molecule has 20 heavy (non-hydrogen) atoms. The minimum absolute atomic E-state index is 0.658. The third-order valence-corrected chi connectivity index (χ3v) is 3.74. The quantitative estimate of drug-likeness (QED) is 0.666. The minimum atomic E-state index is 0.658. The van der Waals surface area contributed by atoms with E-state index in [-0.39, 0.29) is 0 Å². The van der Waals surface area contributed by atoms with Crippen LogP contribution in [-0.4, -0.2) is 11.3 Å². The number of halogens is 1. The predicted molar refractivity (Wildman–Crippen MR) is 83.6 cm³/mol. The topological polar surface area (TPSA) is 32.9 Å². The lowest BCUT2D eigenvalue weighted by atomic mass is 10.0. The molecule has 0 atom stereocenters. The van der Waals surface area contributed by atoms with Crippen molar-refractivity contribution in [3.8, 4) is 11.3 Å². The van der Waals surface area contributed by atoms with Gasteiger partial charge in [0.05, 0.1) is 5.69 Å². The third-order valence-electron chi connectivity index (χ3n) is 3.51. The second kappa shape index (κ2) is 4.80. The van der Waals surface area contributed by atoms with Crippen molar-refractivity contribution in [3.63, 3.8) is 0 Å². The Morgan fingerprint density at radius 3 is 2.65 bits per heavy atom. The Kier molecular flexibility index (Phi) is 3.11. The van der Waals surface area contributed by atoms with Gasteiger partial charge in [-0.3, -0.25) is 4.79 Å². The molecule has 2 aromatic carbocycles. The van der Waals surface area contributed by atoms with Crippen molar-refractivity contribution < 1.29 is 4.79 Å². The van der Waals surface area contributed by atoms with Gasteiger partial charge in [0.1, 0.15) is 0 Å². The number of fused-ring (bicyclic) bond motifs is 1. The van der Waals surface area contributed by atoms with Gasteiger partial charge in [0, 0.05) is 27.1 Å². The first kappa shape index (κ1) is 12.9. The molecule has 2 nitrogen and oxygen atoms in total. The Balaban J connectivity index is 2.37. The lowest BCUT2D eigenvalue weighted by Crippen LogP contribution is -1.86. The SMILES string of the molecule is Cc1cc(C)c2c(C=O)c(-c3cccc(Cl)c3)[nH]c2c1. The van der Waals surface area contributed by atoms with Crippen molar-refractivity contribution in [2.75, 3.05) is 0 Å². The number of carbonyl (C=O) groups is 1. The van der Waals surface area contributed by atoms with E-state index in [9.17, 15) is 4.79 Å². The van der Waals surface area contributed by atoms with Crippen LogP contribution in [0.4, 0.5) is 0 Å². The summed E-state index contributed by atoms with van der Waals surface area (Å²) in [6.07, 6.45) is 0.914. The molecule has 0 spiro atoms. The van der Waals surface area contributed by atoms with Crippen LogP contribution in [0.25, 0.3) is 22.2 Å². The number of carbonyl (C=O) groups excluding carboxylic acids is 1. The number of benzene rings is 2. The number of aryl methyl sites for hydroxylation is 2. The summed E-state index contributed by atoms with van der Waals surface area (Å²) < 4.78 is 0. The average Bonchev–Trinajstić information content (AvgIpc) is 2.77. The van der Waals surface area contributed by atoms with Crippen LogP contribution in [0.5, 0.6) is 0 Å². The monoisotopic (exact) mass is 283 g/mol. The van der Waals surface area contributed by atoms with Gasteiger partial charge in [0.2, 0.25) is 0 Å². The molecular weight excluding hydrogens is 270 g/mol. The standard InChI is InChI=1S/C17H14ClNO/c1-10-6-11(2)16-14(9-20)17(19-15(16)7-10)12-4-3-5-13(18)8-12/h3-9,19H,1-2H3. The second-order valence-electron chi connectivity index (χ2n) is 5.05. The van der Waals surface area contributed by atoms with Crippen molar-refractivity contribution in [2.24, 2.45) is 0 Å². The van der Waals surface area contributed by atoms with E-state index >= 15 is 0 Å². The lowest BCUT2D eigenvalue weighted by Gasteiger charge is -2.01. The van der Waals surface area contributed by atoms with Crippen molar-refractivity contribution in [2.45, 2.75) is 13.8 Å². The van der Waals surface area contributed by atoms with Gasteiger partial charge >= 0.3 is 0 Å². The molecule has 1 aromatic heterocycles. The normalized spacial score (nSPS) is 10.9. The highest BCUT2D eigenvalue weighted by molar-refractivity contribution is 6.30. The molecule has 0 bridgehead atoms. The lowest BCUT2D eigenvalue weighted by molar-refractivity contribution is 0.112. The third kappa shape index (κ3) is 2.02. The number of aromatic amines is 1. The maximum atomic E-state index is 11.5. The van der Waals surface area contributed by atoms with Crippen molar-refractivity contribution >= 4 is 28.8 Å². The zero-order valence-electron chi connectivity index (χ0n) is 11.3. The molecule has 0 aliphatic carbocycles. The van der Waals surface area contributed by atoms with E-state index in [0.29, 0.717) is 10.6 Å². The Morgan fingerprint density at radius 1 is 1.15 bits per heavy atom. The van der Waals surface area contributed by atoms with E-state index in [0.717, 1.165) is 34.0 Å². The van der Waals surface area contributed by atoms with Crippen molar-refractivity contribution in [1.82, 2.24) is 4.98 Å². The summed E-state index contributed by atoms with van der Waals surface area (Å²) in [6, 6.07) is 11.7. The van der Waals surface area contributed by atoms with Gasteiger partial charge in [0.15, 0.2) is 6.29 Å². The first-order valence-electron chi connectivity index (χ1n) is 6.44. The number of aromatic nitrogens is 1. The first-order valence-corrected chi connectivity index (χ1v) is 6.82. The highest BCUT2D eigenvalue weighted by Crippen LogP contribution is 2.32. The molecular formula is C17H14ClNO. The summed E-state index contributed by atoms with van der Waals surface area (Å²) in [5.41, 5.74) is 5.70. The molecule has 3 heteroatoms. The van der Waals surface area contributed by atoms with Gasteiger partial charge in [-0.25, -0.2) is 0 Å². The Labute approximate surface area is 122 Å². The largest absolute Gasteiger partial charge is 0.354 e. The number of aldehydes is 1. The van der Waals surface area contributed by atoms with Crippen LogP contribution in [0, 0.1) is 13.8 Å². The molecule has 3 aromatic rings. The number of hydrogen-bond donors (Lipinski definition) is 1. The Hall–Kier alpha value is -2.06.